The lowest BCUT2D eigenvalue weighted by Crippen LogP contribution is -2.14. The number of carbonyl (C=O) groups excluding carboxylic acids is 2. The molecule has 0 bridgehead atoms. The Morgan fingerprint density at radius 1 is 0.897 bits per heavy atom. The number of nitrogens with one attached hydrogen (secondary N) is 2. The number of para-hydroxylation sites is 1. The first-order valence-electron chi connectivity index (χ1n) is 9.47. The summed E-state index contributed by atoms with van der Waals surface area (Å²) in [6.45, 7) is 3.70. The number of aryl methyl sites for hydroxylation is 1. The van der Waals surface area contributed by atoms with E-state index in [4.69, 9.17) is 4.74 Å². The largest absolute Gasteiger partial charge is 0.496 e. The van der Waals surface area contributed by atoms with Crippen molar-refractivity contribution in [2.75, 3.05) is 17.7 Å². The van der Waals surface area contributed by atoms with E-state index in [1.165, 1.54) is 0 Å². The van der Waals surface area contributed by atoms with Gasteiger partial charge in [-0.2, -0.15) is 0 Å². The molecule has 29 heavy (non-hydrogen) atoms. The molecular formula is C24H24N2O3. The van der Waals surface area contributed by atoms with Crippen LogP contribution in [0.4, 0.5) is 11.4 Å². The lowest BCUT2D eigenvalue weighted by molar-refractivity contribution is -0.115. The van der Waals surface area contributed by atoms with Crippen LogP contribution in [0, 0.1) is 6.92 Å². The van der Waals surface area contributed by atoms with E-state index < -0.39 is 0 Å². The van der Waals surface area contributed by atoms with Crippen LogP contribution in [0.3, 0.4) is 0 Å². The third kappa shape index (κ3) is 4.63. The molecular weight excluding hydrogens is 364 g/mol. The van der Waals surface area contributed by atoms with Gasteiger partial charge in [-0.1, -0.05) is 43.3 Å². The minimum absolute atomic E-state index is 0.0457. The molecule has 2 amide bonds. The van der Waals surface area contributed by atoms with Gasteiger partial charge in [0.2, 0.25) is 5.91 Å². The lowest BCUT2D eigenvalue weighted by atomic mass is 9.98. The Morgan fingerprint density at radius 2 is 1.59 bits per heavy atom. The zero-order chi connectivity index (χ0) is 20.8. The second kappa shape index (κ2) is 9.06. The normalized spacial score (nSPS) is 10.3. The van der Waals surface area contributed by atoms with E-state index in [0.29, 0.717) is 23.4 Å². The van der Waals surface area contributed by atoms with E-state index in [2.05, 4.69) is 10.6 Å². The Hall–Kier alpha value is -3.60. The summed E-state index contributed by atoms with van der Waals surface area (Å²) in [5, 5.41) is 5.80. The second-order valence-electron chi connectivity index (χ2n) is 6.63. The van der Waals surface area contributed by atoms with Gasteiger partial charge in [-0.05, 0) is 48.4 Å². The molecule has 0 aliphatic heterocycles. The molecule has 2 N–H and O–H groups in total. The van der Waals surface area contributed by atoms with Crippen molar-refractivity contribution in [1.29, 1.82) is 0 Å². The van der Waals surface area contributed by atoms with Crippen LogP contribution in [0.1, 0.15) is 29.3 Å². The van der Waals surface area contributed by atoms with E-state index in [1.807, 2.05) is 55.5 Å². The van der Waals surface area contributed by atoms with Crippen molar-refractivity contribution in [1.82, 2.24) is 0 Å². The van der Waals surface area contributed by atoms with Gasteiger partial charge in [-0.15, -0.1) is 0 Å². The number of rotatable bonds is 6. The molecule has 0 saturated heterocycles. The number of anilines is 2. The Balaban J connectivity index is 1.87. The van der Waals surface area contributed by atoms with Gasteiger partial charge in [0.1, 0.15) is 5.75 Å². The molecule has 0 saturated carbocycles. The van der Waals surface area contributed by atoms with Crippen LogP contribution in [-0.2, 0) is 4.79 Å². The molecule has 5 heteroatoms. The van der Waals surface area contributed by atoms with Gasteiger partial charge >= 0.3 is 0 Å². The maximum Gasteiger partial charge on any atom is 0.256 e. The van der Waals surface area contributed by atoms with E-state index in [-0.39, 0.29) is 11.8 Å². The van der Waals surface area contributed by atoms with Gasteiger partial charge in [0.15, 0.2) is 0 Å². The average molecular weight is 388 g/mol. The van der Waals surface area contributed by atoms with E-state index in [1.54, 1.807) is 32.2 Å². The highest BCUT2D eigenvalue weighted by Gasteiger charge is 2.15. The lowest BCUT2D eigenvalue weighted by Gasteiger charge is -2.14. The van der Waals surface area contributed by atoms with Gasteiger partial charge in [0.25, 0.3) is 5.91 Å². The molecule has 0 fully saturated rings. The van der Waals surface area contributed by atoms with E-state index >= 15 is 0 Å². The molecule has 3 aromatic carbocycles. The third-order valence-corrected chi connectivity index (χ3v) is 4.65. The Labute approximate surface area is 170 Å². The monoisotopic (exact) mass is 388 g/mol. The van der Waals surface area contributed by atoms with Crippen LogP contribution >= 0.6 is 0 Å². The molecule has 0 radical (unpaired) electrons. The Bertz CT molecular complexity index is 1040. The fourth-order valence-corrected chi connectivity index (χ4v) is 3.10. The van der Waals surface area contributed by atoms with Crippen molar-refractivity contribution in [2.24, 2.45) is 0 Å². The van der Waals surface area contributed by atoms with Crippen molar-refractivity contribution < 1.29 is 14.3 Å². The fourth-order valence-electron chi connectivity index (χ4n) is 3.10. The maximum atomic E-state index is 13.0. The minimum atomic E-state index is -0.212. The molecule has 3 rings (SSSR count). The number of hydrogen-bond acceptors (Lipinski definition) is 3. The zero-order valence-corrected chi connectivity index (χ0v) is 16.8. The van der Waals surface area contributed by atoms with Gasteiger partial charge in [-0.3, -0.25) is 9.59 Å². The molecule has 5 nitrogen and oxygen atoms in total. The highest BCUT2D eigenvalue weighted by atomic mass is 16.5. The van der Waals surface area contributed by atoms with Crippen LogP contribution < -0.4 is 15.4 Å². The SMILES string of the molecule is CCC(=O)Nc1ccc(NC(=O)c2ccccc2-c2ccccc2OC)cc1C. The smallest absolute Gasteiger partial charge is 0.256 e. The first-order chi connectivity index (χ1) is 14.0. The maximum absolute atomic E-state index is 13.0. The summed E-state index contributed by atoms with van der Waals surface area (Å²) in [7, 11) is 1.61. The standard InChI is InChI=1S/C24H24N2O3/c1-4-23(27)26-21-14-13-17(15-16(21)2)25-24(28)20-11-6-5-9-18(20)19-10-7-8-12-22(19)29-3/h5-15H,4H2,1-3H3,(H,25,28)(H,26,27). The highest BCUT2D eigenvalue weighted by Crippen LogP contribution is 2.32. The Kier molecular flexibility index (Phi) is 6.29. The first-order valence-corrected chi connectivity index (χ1v) is 9.47. The van der Waals surface area contributed by atoms with Crippen molar-refractivity contribution in [2.45, 2.75) is 20.3 Å². The van der Waals surface area contributed by atoms with Gasteiger partial charge in [-0.25, -0.2) is 0 Å². The molecule has 0 heterocycles. The first kappa shape index (κ1) is 20.1. The topological polar surface area (TPSA) is 67.4 Å². The van der Waals surface area contributed by atoms with Gasteiger partial charge in [0, 0.05) is 28.9 Å². The third-order valence-electron chi connectivity index (χ3n) is 4.65. The van der Waals surface area contributed by atoms with Gasteiger partial charge in [0.05, 0.1) is 7.11 Å². The second-order valence-corrected chi connectivity index (χ2v) is 6.63. The summed E-state index contributed by atoms with van der Waals surface area (Å²) in [4.78, 5) is 24.6. The predicted molar refractivity (Wildman–Crippen MR) is 116 cm³/mol. The van der Waals surface area contributed by atoms with E-state index in [0.717, 1.165) is 22.4 Å². The summed E-state index contributed by atoms with van der Waals surface area (Å²) < 4.78 is 5.46. The molecule has 3 aromatic rings. The number of hydrogen-bond donors (Lipinski definition) is 2. The summed E-state index contributed by atoms with van der Waals surface area (Å²) in [6.07, 6.45) is 0.414. The van der Waals surface area contributed by atoms with E-state index in [9.17, 15) is 9.59 Å². The van der Waals surface area contributed by atoms with Crippen molar-refractivity contribution >= 4 is 23.2 Å². The van der Waals surface area contributed by atoms with Crippen LogP contribution in [0.2, 0.25) is 0 Å². The molecule has 148 valence electrons. The number of ether oxygens (including phenoxy) is 1. The van der Waals surface area contributed by atoms with Crippen LogP contribution in [0.5, 0.6) is 5.75 Å². The van der Waals surface area contributed by atoms with Crippen LogP contribution in [0.25, 0.3) is 11.1 Å². The summed E-state index contributed by atoms with van der Waals surface area (Å²) in [5.74, 6) is 0.450. The summed E-state index contributed by atoms with van der Waals surface area (Å²) in [5.41, 5.74) is 4.49. The number of amides is 2. The fraction of sp³-hybridized carbons (Fsp3) is 0.167. The summed E-state index contributed by atoms with van der Waals surface area (Å²) in [6, 6.07) is 20.5. The molecule has 0 unspecified atom stereocenters. The van der Waals surface area contributed by atoms with Crippen molar-refractivity contribution in [3.05, 3.63) is 77.9 Å². The molecule has 0 spiro atoms. The van der Waals surface area contributed by atoms with Crippen molar-refractivity contribution in [3.63, 3.8) is 0 Å². The van der Waals surface area contributed by atoms with Crippen LogP contribution in [0.15, 0.2) is 66.7 Å². The molecule has 0 atom stereocenters. The number of benzene rings is 3. The molecule has 0 aliphatic rings. The summed E-state index contributed by atoms with van der Waals surface area (Å²) >= 11 is 0. The van der Waals surface area contributed by atoms with Crippen molar-refractivity contribution in [3.8, 4) is 16.9 Å². The Morgan fingerprint density at radius 3 is 2.28 bits per heavy atom. The minimum Gasteiger partial charge on any atom is -0.496 e. The predicted octanol–water partition coefficient (Wildman–Crippen LogP) is 5.27. The van der Waals surface area contributed by atoms with Gasteiger partial charge < -0.3 is 15.4 Å². The average Bonchev–Trinajstić information content (AvgIpc) is 2.75. The quantitative estimate of drug-likeness (QED) is 0.604. The highest BCUT2D eigenvalue weighted by molar-refractivity contribution is 6.09. The number of methoxy groups -OCH3 is 1. The molecule has 0 aromatic heterocycles. The van der Waals surface area contributed by atoms with Crippen LogP contribution in [-0.4, -0.2) is 18.9 Å². The molecule has 0 aliphatic carbocycles. The number of carbonyl (C=O) groups is 2. The zero-order valence-electron chi connectivity index (χ0n) is 16.8.